The van der Waals surface area contributed by atoms with E-state index in [-0.39, 0.29) is 24.0 Å². The summed E-state index contributed by atoms with van der Waals surface area (Å²) < 4.78 is 6.01. The van der Waals surface area contributed by atoms with Gasteiger partial charge in [-0.05, 0) is 25.0 Å². The van der Waals surface area contributed by atoms with E-state index in [0.29, 0.717) is 0 Å². The van der Waals surface area contributed by atoms with E-state index in [1.54, 1.807) is 11.3 Å². The lowest BCUT2D eigenvalue weighted by Gasteiger charge is -2.23. The van der Waals surface area contributed by atoms with Gasteiger partial charge >= 0.3 is 5.97 Å². The molecule has 2 rings (SSSR count). The van der Waals surface area contributed by atoms with Crippen molar-refractivity contribution in [2.24, 2.45) is 5.92 Å². The van der Waals surface area contributed by atoms with Gasteiger partial charge in [-0.1, -0.05) is 26.0 Å². The number of fused-ring (bicyclic) bond motifs is 1. The molecule has 0 spiro atoms. The van der Waals surface area contributed by atoms with Crippen LogP contribution in [0.5, 0.6) is 0 Å². The normalized spacial score (nSPS) is 14.4. The van der Waals surface area contributed by atoms with Crippen molar-refractivity contribution in [3.8, 4) is 0 Å². The van der Waals surface area contributed by atoms with E-state index in [1.807, 2.05) is 39.0 Å². The van der Waals surface area contributed by atoms with Gasteiger partial charge in [0.1, 0.15) is 11.0 Å². The molecular weight excluding hydrogens is 272 g/mol. The molecular formula is C15H20N2O2S. The fourth-order valence-corrected chi connectivity index (χ4v) is 3.05. The molecule has 2 aromatic rings. The third-order valence-corrected chi connectivity index (χ3v) is 4.45. The van der Waals surface area contributed by atoms with Crippen LogP contribution >= 0.6 is 11.3 Å². The summed E-state index contributed by atoms with van der Waals surface area (Å²) in [7, 11) is 1.42. The second-order valence-electron chi connectivity index (χ2n) is 5.15. The molecule has 0 radical (unpaired) electrons. The summed E-state index contributed by atoms with van der Waals surface area (Å²) in [4.78, 5) is 16.4. The maximum atomic E-state index is 11.8. The highest BCUT2D eigenvalue weighted by Crippen LogP contribution is 2.26. The van der Waals surface area contributed by atoms with Crippen molar-refractivity contribution < 1.29 is 9.53 Å². The first-order valence-corrected chi connectivity index (χ1v) is 7.54. The topological polar surface area (TPSA) is 51.2 Å². The Morgan fingerprint density at radius 1 is 1.30 bits per heavy atom. The van der Waals surface area contributed by atoms with E-state index in [4.69, 9.17) is 4.74 Å². The van der Waals surface area contributed by atoms with E-state index in [9.17, 15) is 4.79 Å². The third-order valence-electron chi connectivity index (χ3n) is 3.23. The summed E-state index contributed by atoms with van der Waals surface area (Å²) >= 11 is 1.65. The van der Waals surface area contributed by atoms with Crippen molar-refractivity contribution in [1.82, 2.24) is 10.3 Å². The molecule has 0 fully saturated rings. The monoisotopic (exact) mass is 292 g/mol. The smallest absolute Gasteiger partial charge is 0.323 e. The molecule has 1 aromatic heterocycles. The first kappa shape index (κ1) is 14.9. The second-order valence-corrected chi connectivity index (χ2v) is 6.22. The van der Waals surface area contributed by atoms with Gasteiger partial charge in [-0.15, -0.1) is 11.3 Å². The molecule has 0 aliphatic heterocycles. The molecule has 1 N–H and O–H groups in total. The minimum Gasteiger partial charge on any atom is -0.468 e. The first-order chi connectivity index (χ1) is 9.52. The molecule has 0 aliphatic rings. The van der Waals surface area contributed by atoms with Gasteiger partial charge in [0.15, 0.2) is 0 Å². The molecule has 0 saturated carbocycles. The van der Waals surface area contributed by atoms with Crippen LogP contribution in [0.15, 0.2) is 24.3 Å². The third kappa shape index (κ3) is 3.16. The molecule has 2 unspecified atom stereocenters. The Morgan fingerprint density at radius 2 is 2.00 bits per heavy atom. The van der Waals surface area contributed by atoms with Gasteiger partial charge in [0.25, 0.3) is 0 Å². The van der Waals surface area contributed by atoms with Crippen LogP contribution < -0.4 is 5.32 Å². The van der Waals surface area contributed by atoms with Gasteiger partial charge in [0, 0.05) is 0 Å². The summed E-state index contributed by atoms with van der Waals surface area (Å²) in [5, 5.41) is 4.30. The summed E-state index contributed by atoms with van der Waals surface area (Å²) in [6.45, 7) is 6.02. The molecule has 0 amide bonds. The average Bonchev–Trinajstić information content (AvgIpc) is 2.87. The predicted octanol–water partition coefficient (Wildman–Crippen LogP) is 3.14. The Morgan fingerprint density at radius 3 is 2.60 bits per heavy atom. The number of aromatic nitrogens is 1. The Labute approximate surface area is 123 Å². The van der Waals surface area contributed by atoms with Crippen LogP contribution in [0.3, 0.4) is 0 Å². The van der Waals surface area contributed by atoms with Gasteiger partial charge in [0.2, 0.25) is 0 Å². The van der Waals surface area contributed by atoms with Crippen molar-refractivity contribution >= 4 is 27.5 Å². The molecule has 1 heterocycles. The van der Waals surface area contributed by atoms with E-state index in [2.05, 4.69) is 16.4 Å². The lowest BCUT2D eigenvalue weighted by molar-refractivity contribution is -0.144. The molecule has 108 valence electrons. The van der Waals surface area contributed by atoms with Gasteiger partial charge in [-0.2, -0.15) is 0 Å². The average molecular weight is 292 g/mol. The first-order valence-electron chi connectivity index (χ1n) is 6.72. The van der Waals surface area contributed by atoms with E-state index >= 15 is 0 Å². The molecule has 2 atom stereocenters. The van der Waals surface area contributed by atoms with Crippen LogP contribution in [0.4, 0.5) is 0 Å². The lowest BCUT2D eigenvalue weighted by atomic mass is 10.0. The van der Waals surface area contributed by atoms with Gasteiger partial charge in [-0.25, -0.2) is 4.98 Å². The Balaban J connectivity index is 2.17. The Bertz CT molecular complexity index is 561. The molecule has 0 saturated heterocycles. The Hall–Kier alpha value is -1.46. The SMILES string of the molecule is COC(=O)C(NC(C)c1nc2ccccc2s1)C(C)C. The number of nitrogens with zero attached hydrogens (tertiary/aromatic N) is 1. The highest BCUT2D eigenvalue weighted by Gasteiger charge is 2.25. The van der Waals surface area contributed by atoms with Crippen LogP contribution in [0.1, 0.15) is 31.8 Å². The van der Waals surface area contributed by atoms with Gasteiger partial charge in [0.05, 0.1) is 23.4 Å². The van der Waals surface area contributed by atoms with Crippen LogP contribution in [0.2, 0.25) is 0 Å². The lowest BCUT2D eigenvalue weighted by Crippen LogP contribution is -2.42. The zero-order valence-corrected chi connectivity index (χ0v) is 13.0. The van der Waals surface area contributed by atoms with Crippen LogP contribution in [-0.2, 0) is 9.53 Å². The van der Waals surface area contributed by atoms with E-state index < -0.39 is 0 Å². The molecule has 0 aliphatic carbocycles. The Kier molecular flexibility index (Phi) is 4.73. The summed E-state index contributed by atoms with van der Waals surface area (Å²) in [5.74, 6) is -0.0627. The maximum absolute atomic E-state index is 11.8. The highest BCUT2D eigenvalue weighted by molar-refractivity contribution is 7.18. The number of thiazole rings is 1. The largest absolute Gasteiger partial charge is 0.468 e. The molecule has 20 heavy (non-hydrogen) atoms. The van der Waals surface area contributed by atoms with E-state index in [0.717, 1.165) is 15.2 Å². The predicted molar refractivity (Wildman–Crippen MR) is 81.8 cm³/mol. The minimum atomic E-state index is -0.318. The van der Waals surface area contributed by atoms with Gasteiger partial charge in [-0.3, -0.25) is 10.1 Å². The van der Waals surface area contributed by atoms with Crippen molar-refractivity contribution in [3.05, 3.63) is 29.3 Å². The second kappa shape index (κ2) is 6.33. The fraction of sp³-hybridized carbons (Fsp3) is 0.467. The minimum absolute atomic E-state index is 0.0129. The quantitative estimate of drug-likeness (QED) is 0.860. The number of para-hydroxylation sites is 1. The van der Waals surface area contributed by atoms with Crippen molar-refractivity contribution in [2.75, 3.05) is 7.11 Å². The number of rotatable bonds is 5. The summed E-state index contributed by atoms with van der Waals surface area (Å²) in [6, 6.07) is 7.75. The maximum Gasteiger partial charge on any atom is 0.323 e. The summed E-state index contributed by atoms with van der Waals surface area (Å²) in [6.07, 6.45) is 0. The van der Waals surface area contributed by atoms with Crippen LogP contribution in [0, 0.1) is 5.92 Å². The molecule has 5 heteroatoms. The molecule has 1 aromatic carbocycles. The highest BCUT2D eigenvalue weighted by atomic mass is 32.1. The number of esters is 1. The van der Waals surface area contributed by atoms with Crippen molar-refractivity contribution in [2.45, 2.75) is 32.9 Å². The standard InChI is InChI=1S/C15H20N2O2S/c1-9(2)13(15(18)19-4)16-10(3)14-17-11-7-5-6-8-12(11)20-14/h5-10,13,16H,1-4H3. The number of methoxy groups -OCH3 is 1. The zero-order valence-electron chi connectivity index (χ0n) is 12.2. The number of hydrogen-bond donors (Lipinski definition) is 1. The molecule has 0 bridgehead atoms. The number of nitrogens with one attached hydrogen (secondary N) is 1. The van der Waals surface area contributed by atoms with Crippen LogP contribution in [0.25, 0.3) is 10.2 Å². The number of hydrogen-bond acceptors (Lipinski definition) is 5. The van der Waals surface area contributed by atoms with Crippen LogP contribution in [-0.4, -0.2) is 24.1 Å². The molecule has 4 nitrogen and oxygen atoms in total. The number of carbonyl (C=O) groups is 1. The number of ether oxygens (including phenoxy) is 1. The number of benzene rings is 1. The number of carbonyl (C=O) groups excluding carboxylic acids is 1. The zero-order chi connectivity index (χ0) is 14.7. The summed E-state index contributed by atoms with van der Waals surface area (Å²) in [5.41, 5.74) is 1.00. The van der Waals surface area contributed by atoms with E-state index in [1.165, 1.54) is 7.11 Å². The van der Waals surface area contributed by atoms with Crippen molar-refractivity contribution in [1.29, 1.82) is 0 Å². The van der Waals surface area contributed by atoms with Crippen molar-refractivity contribution in [3.63, 3.8) is 0 Å². The van der Waals surface area contributed by atoms with Gasteiger partial charge < -0.3 is 4.74 Å². The fourth-order valence-electron chi connectivity index (χ4n) is 2.08.